The van der Waals surface area contributed by atoms with Crippen LogP contribution in [0.1, 0.15) is 11.3 Å². The van der Waals surface area contributed by atoms with E-state index in [9.17, 15) is 0 Å². The summed E-state index contributed by atoms with van der Waals surface area (Å²) in [6, 6.07) is 12.1. The van der Waals surface area contributed by atoms with E-state index in [0.717, 1.165) is 23.1 Å². The molecule has 0 atom stereocenters. The number of nitrogens with one attached hydrogen (secondary N) is 1. The summed E-state index contributed by atoms with van der Waals surface area (Å²) in [7, 11) is 0. The molecule has 0 saturated carbocycles. The third-order valence-corrected chi connectivity index (χ3v) is 2.84. The maximum atomic E-state index is 5.91. The van der Waals surface area contributed by atoms with Gasteiger partial charge in [0, 0.05) is 12.6 Å². The van der Waals surface area contributed by atoms with Crippen molar-refractivity contribution in [3.8, 4) is 0 Å². The van der Waals surface area contributed by atoms with Gasteiger partial charge in [0.15, 0.2) is 0 Å². The van der Waals surface area contributed by atoms with Gasteiger partial charge >= 0.3 is 0 Å². The van der Waals surface area contributed by atoms with E-state index >= 15 is 0 Å². The summed E-state index contributed by atoms with van der Waals surface area (Å²) in [5.74, 6) is 0. The van der Waals surface area contributed by atoms with E-state index in [1.807, 2.05) is 30.5 Å². The molecule has 0 aliphatic heterocycles. The highest BCUT2D eigenvalue weighted by atomic mass is 35.5. The van der Waals surface area contributed by atoms with Crippen LogP contribution in [0.4, 0.5) is 0 Å². The van der Waals surface area contributed by atoms with Crippen LogP contribution in [0.25, 0.3) is 11.0 Å². The van der Waals surface area contributed by atoms with Gasteiger partial charge < -0.3 is 4.98 Å². The Morgan fingerprint density at radius 2 is 1.88 bits per heavy atom. The van der Waals surface area contributed by atoms with Crippen LogP contribution in [0.2, 0.25) is 5.28 Å². The number of aromatic amines is 1. The summed E-state index contributed by atoms with van der Waals surface area (Å²) < 4.78 is 0. The van der Waals surface area contributed by atoms with Crippen LogP contribution in [-0.4, -0.2) is 15.0 Å². The van der Waals surface area contributed by atoms with E-state index in [4.69, 9.17) is 11.6 Å². The van der Waals surface area contributed by atoms with Crippen LogP contribution in [0.15, 0.2) is 42.6 Å². The fraction of sp³-hybridized carbons (Fsp3) is 0.0769. The minimum atomic E-state index is 0.294. The predicted octanol–water partition coefficient (Wildman–Crippen LogP) is 3.20. The molecular formula is C13H10ClN3. The summed E-state index contributed by atoms with van der Waals surface area (Å²) in [5.41, 5.74) is 3.95. The van der Waals surface area contributed by atoms with Gasteiger partial charge in [-0.3, -0.25) is 0 Å². The van der Waals surface area contributed by atoms with Crippen LogP contribution in [-0.2, 0) is 6.42 Å². The largest absolute Gasteiger partial charge is 0.358 e. The van der Waals surface area contributed by atoms with E-state index in [1.165, 1.54) is 5.56 Å². The van der Waals surface area contributed by atoms with Gasteiger partial charge in [0.25, 0.3) is 0 Å². The number of rotatable bonds is 2. The van der Waals surface area contributed by atoms with Gasteiger partial charge in [0.1, 0.15) is 0 Å². The molecule has 0 fully saturated rings. The Morgan fingerprint density at radius 1 is 1.06 bits per heavy atom. The van der Waals surface area contributed by atoms with Crippen LogP contribution in [0.3, 0.4) is 0 Å². The second-order valence-corrected chi connectivity index (χ2v) is 4.18. The molecule has 3 aromatic rings. The fourth-order valence-corrected chi connectivity index (χ4v) is 2.09. The van der Waals surface area contributed by atoms with Gasteiger partial charge in [-0.05, 0) is 23.2 Å². The van der Waals surface area contributed by atoms with Crippen molar-refractivity contribution in [2.75, 3.05) is 0 Å². The average Bonchev–Trinajstić information content (AvgIpc) is 2.78. The van der Waals surface area contributed by atoms with E-state index in [0.29, 0.717) is 5.28 Å². The number of H-pyrrole nitrogens is 1. The number of hydrogen-bond acceptors (Lipinski definition) is 2. The molecule has 3 nitrogen and oxygen atoms in total. The average molecular weight is 244 g/mol. The lowest BCUT2D eigenvalue weighted by atomic mass is 10.1. The normalized spacial score (nSPS) is 10.9. The molecule has 0 bridgehead atoms. The zero-order valence-corrected chi connectivity index (χ0v) is 9.78. The smallest absolute Gasteiger partial charge is 0.223 e. The second kappa shape index (κ2) is 4.18. The quantitative estimate of drug-likeness (QED) is 0.703. The lowest BCUT2D eigenvalue weighted by Gasteiger charge is -2.03. The number of halogens is 1. The third kappa shape index (κ3) is 2.01. The number of benzene rings is 1. The van der Waals surface area contributed by atoms with Gasteiger partial charge in [0.2, 0.25) is 5.28 Å². The molecule has 0 amide bonds. The van der Waals surface area contributed by atoms with Gasteiger partial charge in [-0.2, -0.15) is 0 Å². The van der Waals surface area contributed by atoms with Crippen LogP contribution in [0.5, 0.6) is 0 Å². The standard InChI is InChI=1S/C13H10ClN3/c14-13-16-10-6-7-15-12(10)11(17-13)8-9-4-2-1-3-5-9/h1-7,15H,8H2. The number of aromatic nitrogens is 3. The van der Waals surface area contributed by atoms with Crippen LogP contribution < -0.4 is 0 Å². The first-order chi connectivity index (χ1) is 8.33. The number of nitrogens with zero attached hydrogens (tertiary/aromatic N) is 2. The molecule has 0 unspecified atom stereocenters. The van der Waals surface area contributed by atoms with Crippen molar-refractivity contribution in [2.45, 2.75) is 6.42 Å². The molecule has 3 rings (SSSR count). The Bertz CT molecular complexity index is 646. The summed E-state index contributed by atoms with van der Waals surface area (Å²) in [6.45, 7) is 0. The summed E-state index contributed by atoms with van der Waals surface area (Å²) in [6.07, 6.45) is 2.60. The van der Waals surface area contributed by atoms with E-state index in [1.54, 1.807) is 0 Å². The highest BCUT2D eigenvalue weighted by molar-refractivity contribution is 6.28. The molecule has 0 saturated heterocycles. The summed E-state index contributed by atoms with van der Waals surface area (Å²) in [5, 5.41) is 0.294. The van der Waals surface area contributed by atoms with Crippen molar-refractivity contribution < 1.29 is 0 Å². The van der Waals surface area contributed by atoms with Gasteiger partial charge in [-0.1, -0.05) is 30.3 Å². The van der Waals surface area contributed by atoms with Gasteiger partial charge in [0.05, 0.1) is 16.7 Å². The van der Waals surface area contributed by atoms with Crippen LogP contribution >= 0.6 is 11.6 Å². The topological polar surface area (TPSA) is 41.6 Å². The molecule has 2 heterocycles. The molecule has 84 valence electrons. The van der Waals surface area contributed by atoms with Crippen molar-refractivity contribution in [3.63, 3.8) is 0 Å². The first-order valence-electron chi connectivity index (χ1n) is 5.36. The minimum absolute atomic E-state index is 0.294. The number of hydrogen-bond donors (Lipinski definition) is 1. The SMILES string of the molecule is Clc1nc(Cc2ccccc2)c2[nH]ccc2n1. The first kappa shape index (κ1) is 10.3. The van der Waals surface area contributed by atoms with Crippen molar-refractivity contribution in [2.24, 2.45) is 0 Å². The maximum Gasteiger partial charge on any atom is 0.223 e. The molecule has 1 N–H and O–H groups in total. The lowest BCUT2D eigenvalue weighted by Crippen LogP contribution is -1.96. The zero-order valence-electron chi connectivity index (χ0n) is 9.02. The summed E-state index contributed by atoms with van der Waals surface area (Å²) in [4.78, 5) is 11.6. The highest BCUT2D eigenvalue weighted by Gasteiger charge is 2.08. The Morgan fingerprint density at radius 3 is 2.71 bits per heavy atom. The highest BCUT2D eigenvalue weighted by Crippen LogP contribution is 2.18. The lowest BCUT2D eigenvalue weighted by molar-refractivity contribution is 1.06. The number of fused-ring (bicyclic) bond motifs is 1. The van der Waals surface area contributed by atoms with Crippen molar-refractivity contribution in [1.29, 1.82) is 0 Å². The molecule has 0 aliphatic carbocycles. The molecule has 1 aromatic carbocycles. The van der Waals surface area contributed by atoms with Crippen molar-refractivity contribution in [1.82, 2.24) is 15.0 Å². The first-order valence-corrected chi connectivity index (χ1v) is 5.74. The molecule has 2 aromatic heterocycles. The zero-order chi connectivity index (χ0) is 11.7. The molecule has 4 heteroatoms. The Hall–Kier alpha value is -1.87. The Kier molecular flexibility index (Phi) is 2.53. The monoisotopic (exact) mass is 243 g/mol. The van der Waals surface area contributed by atoms with Gasteiger partial charge in [-0.25, -0.2) is 9.97 Å². The molecule has 17 heavy (non-hydrogen) atoms. The predicted molar refractivity (Wildman–Crippen MR) is 68.1 cm³/mol. The maximum absolute atomic E-state index is 5.91. The minimum Gasteiger partial charge on any atom is -0.358 e. The van der Waals surface area contributed by atoms with E-state index < -0.39 is 0 Å². The Balaban J connectivity index is 2.08. The van der Waals surface area contributed by atoms with Crippen molar-refractivity contribution >= 4 is 22.6 Å². The Labute approximate surface area is 103 Å². The third-order valence-electron chi connectivity index (χ3n) is 2.67. The van der Waals surface area contributed by atoms with Crippen LogP contribution in [0, 0.1) is 0 Å². The van der Waals surface area contributed by atoms with Gasteiger partial charge in [-0.15, -0.1) is 0 Å². The molecule has 0 radical (unpaired) electrons. The molecule has 0 aliphatic rings. The molecule has 0 spiro atoms. The summed E-state index contributed by atoms with van der Waals surface area (Å²) >= 11 is 5.91. The second-order valence-electron chi connectivity index (χ2n) is 3.84. The van der Waals surface area contributed by atoms with E-state index in [-0.39, 0.29) is 0 Å². The van der Waals surface area contributed by atoms with Crippen molar-refractivity contribution in [3.05, 3.63) is 59.1 Å². The molecular weight excluding hydrogens is 234 g/mol. The fourth-order valence-electron chi connectivity index (χ4n) is 1.89. The van der Waals surface area contributed by atoms with E-state index in [2.05, 4.69) is 27.1 Å².